The molecule has 1 saturated heterocycles. The van der Waals surface area contributed by atoms with Crippen molar-refractivity contribution in [1.29, 1.82) is 0 Å². The standard InChI is InChI=1S/C9H14N4O2/c1-5-11-7(13-15-5)6-4-10-8(14)9(2,3)12-6/h6,12H,4H2,1-3H3,(H,10,14). The van der Waals surface area contributed by atoms with Crippen LogP contribution in [0, 0.1) is 6.92 Å². The van der Waals surface area contributed by atoms with Gasteiger partial charge in [0.15, 0.2) is 5.82 Å². The number of aromatic nitrogens is 2. The molecular formula is C9H14N4O2. The van der Waals surface area contributed by atoms with Crippen LogP contribution in [0.1, 0.15) is 31.6 Å². The van der Waals surface area contributed by atoms with Crippen molar-refractivity contribution in [2.45, 2.75) is 32.4 Å². The molecule has 2 heterocycles. The van der Waals surface area contributed by atoms with Crippen molar-refractivity contribution in [3.8, 4) is 0 Å². The van der Waals surface area contributed by atoms with Gasteiger partial charge in [0.1, 0.15) is 0 Å². The molecule has 6 nitrogen and oxygen atoms in total. The Morgan fingerprint density at radius 1 is 1.53 bits per heavy atom. The molecule has 1 unspecified atom stereocenters. The summed E-state index contributed by atoms with van der Waals surface area (Å²) in [6, 6.07) is -0.0878. The van der Waals surface area contributed by atoms with Crippen LogP contribution in [0.4, 0.5) is 0 Å². The Morgan fingerprint density at radius 3 is 2.80 bits per heavy atom. The monoisotopic (exact) mass is 210 g/mol. The number of rotatable bonds is 1. The predicted octanol–water partition coefficient (Wildman–Crippen LogP) is -0.0829. The lowest BCUT2D eigenvalue weighted by atomic mass is 9.99. The minimum absolute atomic E-state index is 0.0148. The molecule has 0 bridgehead atoms. The van der Waals surface area contributed by atoms with Crippen LogP contribution in [0.15, 0.2) is 4.52 Å². The van der Waals surface area contributed by atoms with Crippen molar-refractivity contribution >= 4 is 5.91 Å². The van der Waals surface area contributed by atoms with E-state index in [0.717, 1.165) is 0 Å². The number of nitrogens with one attached hydrogen (secondary N) is 2. The SMILES string of the molecule is Cc1nc(C2CNC(=O)C(C)(C)N2)no1. The number of piperazine rings is 1. The van der Waals surface area contributed by atoms with Crippen LogP contribution < -0.4 is 10.6 Å². The molecule has 0 aliphatic carbocycles. The third-order valence-corrected chi connectivity index (χ3v) is 2.42. The largest absolute Gasteiger partial charge is 0.352 e. The van der Waals surface area contributed by atoms with E-state index in [0.29, 0.717) is 18.3 Å². The third kappa shape index (κ3) is 1.85. The van der Waals surface area contributed by atoms with E-state index >= 15 is 0 Å². The normalized spacial score (nSPS) is 25.0. The van der Waals surface area contributed by atoms with Crippen LogP contribution in [0.5, 0.6) is 0 Å². The van der Waals surface area contributed by atoms with E-state index in [1.807, 2.05) is 13.8 Å². The fourth-order valence-corrected chi connectivity index (χ4v) is 1.58. The zero-order valence-electron chi connectivity index (χ0n) is 9.00. The first-order chi connectivity index (χ1) is 6.99. The minimum Gasteiger partial charge on any atom is -0.352 e. The lowest BCUT2D eigenvalue weighted by molar-refractivity contribution is -0.128. The van der Waals surface area contributed by atoms with E-state index < -0.39 is 5.54 Å². The van der Waals surface area contributed by atoms with Gasteiger partial charge in [0.05, 0.1) is 11.6 Å². The first kappa shape index (κ1) is 10.1. The molecule has 0 aromatic carbocycles. The maximum absolute atomic E-state index is 11.5. The molecule has 1 aliphatic rings. The van der Waals surface area contributed by atoms with Crippen LogP contribution >= 0.6 is 0 Å². The average molecular weight is 210 g/mol. The van der Waals surface area contributed by atoms with Crippen molar-refractivity contribution in [1.82, 2.24) is 20.8 Å². The maximum atomic E-state index is 11.5. The molecule has 1 amide bonds. The molecule has 1 aliphatic heterocycles. The first-order valence-electron chi connectivity index (χ1n) is 4.85. The van der Waals surface area contributed by atoms with Gasteiger partial charge in [-0.3, -0.25) is 10.1 Å². The molecule has 15 heavy (non-hydrogen) atoms. The van der Waals surface area contributed by atoms with Crippen LogP contribution in [0.3, 0.4) is 0 Å². The number of aryl methyl sites for hydroxylation is 1. The predicted molar refractivity (Wildman–Crippen MR) is 52.0 cm³/mol. The van der Waals surface area contributed by atoms with E-state index in [1.54, 1.807) is 6.92 Å². The van der Waals surface area contributed by atoms with Crippen LogP contribution in [0.25, 0.3) is 0 Å². The molecule has 1 aromatic rings. The van der Waals surface area contributed by atoms with E-state index in [4.69, 9.17) is 4.52 Å². The quantitative estimate of drug-likeness (QED) is 0.677. The van der Waals surface area contributed by atoms with Crippen LogP contribution in [-0.4, -0.2) is 28.1 Å². The summed E-state index contributed by atoms with van der Waals surface area (Å²) in [6.07, 6.45) is 0. The van der Waals surface area contributed by atoms with E-state index in [1.165, 1.54) is 0 Å². The molecule has 1 atom stereocenters. The Hall–Kier alpha value is -1.43. The van der Waals surface area contributed by atoms with Gasteiger partial charge in [-0.2, -0.15) is 4.98 Å². The van der Waals surface area contributed by atoms with Gasteiger partial charge in [0.2, 0.25) is 11.8 Å². The zero-order chi connectivity index (χ0) is 11.1. The highest BCUT2D eigenvalue weighted by Crippen LogP contribution is 2.17. The Balaban J connectivity index is 2.16. The average Bonchev–Trinajstić information content (AvgIpc) is 2.57. The van der Waals surface area contributed by atoms with Gasteiger partial charge >= 0.3 is 0 Å². The second kappa shape index (κ2) is 3.30. The first-order valence-corrected chi connectivity index (χ1v) is 4.85. The molecule has 0 radical (unpaired) electrons. The molecular weight excluding hydrogens is 196 g/mol. The van der Waals surface area contributed by atoms with Crippen molar-refractivity contribution in [3.63, 3.8) is 0 Å². The summed E-state index contributed by atoms with van der Waals surface area (Å²) in [4.78, 5) is 15.6. The summed E-state index contributed by atoms with van der Waals surface area (Å²) >= 11 is 0. The summed E-state index contributed by atoms with van der Waals surface area (Å²) in [5.74, 6) is 1.10. The third-order valence-electron chi connectivity index (χ3n) is 2.42. The molecule has 1 aromatic heterocycles. The van der Waals surface area contributed by atoms with Gasteiger partial charge in [-0.1, -0.05) is 5.16 Å². The van der Waals surface area contributed by atoms with Crippen molar-refractivity contribution in [3.05, 3.63) is 11.7 Å². The van der Waals surface area contributed by atoms with E-state index in [2.05, 4.69) is 20.8 Å². The minimum atomic E-state index is -0.600. The molecule has 2 rings (SSSR count). The van der Waals surface area contributed by atoms with Crippen molar-refractivity contribution < 1.29 is 9.32 Å². The highest BCUT2D eigenvalue weighted by atomic mass is 16.5. The number of carbonyl (C=O) groups excluding carboxylic acids is 1. The molecule has 6 heteroatoms. The number of hydrogen-bond acceptors (Lipinski definition) is 5. The van der Waals surface area contributed by atoms with Crippen molar-refractivity contribution in [2.24, 2.45) is 0 Å². The van der Waals surface area contributed by atoms with Gasteiger partial charge in [-0.05, 0) is 13.8 Å². The molecule has 0 spiro atoms. The zero-order valence-corrected chi connectivity index (χ0v) is 9.00. The second-order valence-electron chi connectivity index (χ2n) is 4.20. The summed E-state index contributed by atoms with van der Waals surface area (Å²) in [7, 11) is 0. The van der Waals surface area contributed by atoms with E-state index in [-0.39, 0.29) is 11.9 Å². The smallest absolute Gasteiger partial charge is 0.239 e. The highest BCUT2D eigenvalue weighted by Gasteiger charge is 2.36. The molecule has 2 N–H and O–H groups in total. The lowest BCUT2D eigenvalue weighted by Crippen LogP contribution is -2.61. The highest BCUT2D eigenvalue weighted by molar-refractivity contribution is 5.86. The molecule has 0 saturated carbocycles. The fourth-order valence-electron chi connectivity index (χ4n) is 1.58. The number of amides is 1. The second-order valence-corrected chi connectivity index (χ2v) is 4.20. The summed E-state index contributed by atoms with van der Waals surface area (Å²) in [5.41, 5.74) is -0.600. The Labute approximate surface area is 87.4 Å². The van der Waals surface area contributed by atoms with Gasteiger partial charge in [0, 0.05) is 13.5 Å². The number of carbonyl (C=O) groups is 1. The molecule has 82 valence electrons. The van der Waals surface area contributed by atoms with Crippen LogP contribution in [-0.2, 0) is 4.79 Å². The van der Waals surface area contributed by atoms with Gasteiger partial charge in [-0.15, -0.1) is 0 Å². The van der Waals surface area contributed by atoms with E-state index in [9.17, 15) is 4.79 Å². The number of hydrogen-bond donors (Lipinski definition) is 2. The summed E-state index contributed by atoms with van der Waals surface area (Å²) in [6.45, 7) is 5.87. The van der Waals surface area contributed by atoms with Crippen molar-refractivity contribution in [2.75, 3.05) is 6.54 Å². The molecule has 1 fully saturated rings. The van der Waals surface area contributed by atoms with Gasteiger partial charge < -0.3 is 9.84 Å². The van der Waals surface area contributed by atoms with Gasteiger partial charge in [-0.25, -0.2) is 0 Å². The maximum Gasteiger partial charge on any atom is 0.239 e. The van der Waals surface area contributed by atoms with Gasteiger partial charge in [0.25, 0.3) is 0 Å². The Bertz CT molecular complexity index is 385. The summed E-state index contributed by atoms with van der Waals surface area (Å²) in [5, 5.41) is 9.81. The topological polar surface area (TPSA) is 80.0 Å². The van der Waals surface area contributed by atoms with Crippen LogP contribution in [0.2, 0.25) is 0 Å². The Morgan fingerprint density at radius 2 is 2.27 bits per heavy atom. The summed E-state index contributed by atoms with van der Waals surface area (Å²) < 4.78 is 4.90. The Kier molecular flexibility index (Phi) is 2.22. The lowest BCUT2D eigenvalue weighted by Gasteiger charge is -2.34. The number of nitrogens with zero attached hydrogens (tertiary/aromatic N) is 2. The fraction of sp³-hybridized carbons (Fsp3) is 0.667.